The molecule has 1 aromatic carbocycles. The van der Waals surface area contributed by atoms with Gasteiger partial charge >= 0.3 is 0 Å². The first-order valence-corrected chi connectivity index (χ1v) is 9.93. The second kappa shape index (κ2) is 8.21. The summed E-state index contributed by atoms with van der Waals surface area (Å²) in [5.74, 6) is -1.45. The molecule has 0 fully saturated rings. The Morgan fingerprint density at radius 3 is 2.70 bits per heavy atom. The lowest BCUT2D eigenvalue weighted by Gasteiger charge is -2.10. The summed E-state index contributed by atoms with van der Waals surface area (Å²) in [6, 6.07) is 8.42. The molecule has 2 N–H and O–H groups in total. The number of aromatic nitrogens is 3. The number of halogens is 2. The third-order valence-electron chi connectivity index (χ3n) is 4.47. The highest BCUT2D eigenvalue weighted by molar-refractivity contribution is 7.22. The van der Waals surface area contributed by atoms with Gasteiger partial charge in [0.2, 0.25) is 0 Å². The molecule has 0 saturated carbocycles. The van der Waals surface area contributed by atoms with Crippen LogP contribution in [0.4, 0.5) is 13.9 Å². The number of thiazole rings is 1. The number of amides is 1. The molecule has 1 amide bonds. The molecule has 3 heterocycles. The predicted octanol–water partition coefficient (Wildman–Crippen LogP) is 4.73. The van der Waals surface area contributed by atoms with Crippen LogP contribution in [0.1, 0.15) is 35.5 Å². The van der Waals surface area contributed by atoms with Gasteiger partial charge in [0, 0.05) is 23.5 Å². The molecular weight excluding hydrogens is 410 g/mol. The average Bonchev–Trinajstić information content (AvgIpc) is 3.14. The molecule has 0 spiro atoms. The van der Waals surface area contributed by atoms with Crippen molar-refractivity contribution < 1.29 is 18.7 Å². The fourth-order valence-electron chi connectivity index (χ4n) is 2.86. The van der Waals surface area contributed by atoms with E-state index in [2.05, 4.69) is 20.3 Å². The van der Waals surface area contributed by atoms with Crippen LogP contribution < -0.4 is 5.32 Å². The zero-order valence-corrected chi connectivity index (χ0v) is 16.6. The molecule has 1 atom stereocenters. The first-order valence-electron chi connectivity index (χ1n) is 9.12. The van der Waals surface area contributed by atoms with Crippen molar-refractivity contribution in [3.63, 3.8) is 0 Å². The van der Waals surface area contributed by atoms with Gasteiger partial charge in [-0.2, -0.15) is 0 Å². The second-order valence-corrected chi connectivity index (χ2v) is 7.57. The summed E-state index contributed by atoms with van der Waals surface area (Å²) in [6.45, 7) is 1.79. The number of anilines is 1. The van der Waals surface area contributed by atoms with Gasteiger partial charge in [-0.1, -0.05) is 18.3 Å². The Morgan fingerprint density at radius 1 is 1.17 bits per heavy atom. The number of aliphatic hydroxyl groups excluding tert-OH is 1. The zero-order valence-electron chi connectivity index (χ0n) is 15.8. The Balaban J connectivity index is 1.52. The van der Waals surface area contributed by atoms with E-state index in [4.69, 9.17) is 0 Å². The number of pyridine rings is 2. The third kappa shape index (κ3) is 4.03. The van der Waals surface area contributed by atoms with Gasteiger partial charge in [-0.05, 0) is 42.8 Å². The van der Waals surface area contributed by atoms with Crippen molar-refractivity contribution in [2.75, 3.05) is 5.32 Å². The van der Waals surface area contributed by atoms with Crippen LogP contribution in [0.25, 0.3) is 21.5 Å². The lowest BCUT2D eigenvalue weighted by molar-refractivity contribution is 0.102. The molecule has 0 bridgehead atoms. The van der Waals surface area contributed by atoms with E-state index in [1.165, 1.54) is 48.8 Å². The lowest BCUT2D eigenvalue weighted by atomic mass is 10.1. The van der Waals surface area contributed by atoms with Crippen molar-refractivity contribution in [1.82, 2.24) is 15.0 Å². The van der Waals surface area contributed by atoms with Crippen LogP contribution in [0.2, 0.25) is 0 Å². The maximum atomic E-state index is 14.4. The molecule has 4 rings (SSSR count). The topological polar surface area (TPSA) is 88.0 Å². The minimum absolute atomic E-state index is 0.0784. The van der Waals surface area contributed by atoms with Gasteiger partial charge in [0.05, 0.1) is 16.3 Å². The van der Waals surface area contributed by atoms with Gasteiger partial charge in [0.1, 0.15) is 23.0 Å². The largest absolute Gasteiger partial charge is 0.388 e. The quantitative estimate of drug-likeness (QED) is 0.482. The monoisotopic (exact) mass is 426 g/mol. The number of fused-ring (bicyclic) bond motifs is 1. The Kier molecular flexibility index (Phi) is 5.47. The average molecular weight is 426 g/mol. The van der Waals surface area contributed by atoms with Crippen molar-refractivity contribution in [2.45, 2.75) is 19.4 Å². The summed E-state index contributed by atoms with van der Waals surface area (Å²) in [6.07, 6.45) is 2.45. The first-order chi connectivity index (χ1) is 14.4. The highest BCUT2D eigenvalue weighted by Crippen LogP contribution is 2.27. The predicted molar refractivity (Wildman–Crippen MR) is 110 cm³/mol. The van der Waals surface area contributed by atoms with Gasteiger partial charge in [0.15, 0.2) is 5.13 Å². The molecule has 30 heavy (non-hydrogen) atoms. The number of benzene rings is 1. The number of aliphatic hydroxyl groups is 1. The summed E-state index contributed by atoms with van der Waals surface area (Å²) in [7, 11) is 0. The molecule has 0 aliphatic heterocycles. The zero-order chi connectivity index (χ0) is 21.3. The van der Waals surface area contributed by atoms with E-state index in [9.17, 15) is 18.7 Å². The molecule has 1 unspecified atom stereocenters. The Labute approximate surface area is 174 Å². The van der Waals surface area contributed by atoms with Gasteiger partial charge in [0.25, 0.3) is 5.91 Å². The fourth-order valence-corrected chi connectivity index (χ4v) is 3.75. The van der Waals surface area contributed by atoms with E-state index in [1.54, 1.807) is 6.92 Å². The van der Waals surface area contributed by atoms with Crippen LogP contribution in [0.3, 0.4) is 0 Å². The molecule has 0 aliphatic carbocycles. The summed E-state index contributed by atoms with van der Waals surface area (Å²) >= 11 is 1.15. The minimum atomic E-state index is -0.774. The SMILES string of the molecule is CCC(O)c1cnc(-c2ccc(C(=O)Nc3nc4ccc(F)cc4s3)nc2)c(F)c1. The van der Waals surface area contributed by atoms with Gasteiger partial charge in [-0.25, -0.2) is 13.8 Å². The number of carbonyl (C=O) groups excluding carboxylic acids is 1. The number of hydrogen-bond donors (Lipinski definition) is 2. The second-order valence-electron chi connectivity index (χ2n) is 6.54. The minimum Gasteiger partial charge on any atom is -0.388 e. The first kappa shape index (κ1) is 20.0. The lowest BCUT2D eigenvalue weighted by Crippen LogP contribution is -2.13. The van der Waals surface area contributed by atoms with E-state index in [-0.39, 0.29) is 17.2 Å². The summed E-state index contributed by atoms with van der Waals surface area (Å²) in [5, 5.41) is 12.8. The van der Waals surface area contributed by atoms with Crippen LogP contribution >= 0.6 is 11.3 Å². The fraction of sp³-hybridized carbons (Fsp3) is 0.143. The molecule has 0 aliphatic rings. The smallest absolute Gasteiger partial charge is 0.276 e. The standard InChI is InChI=1S/C21H16F2N4O2S/c1-2-17(28)12-7-14(23)19(25-10-12)11-3-5-16(24-9-11)20(29)27-21-26-15-6-4-13(22)8-18(15)30-21/h3-10,17,28H,2H2,1H3,(H,26,27,29). The molecule has 6 nitrogen and oxygen atoms in total. The van der Waals surface area contributed by atoms with Crippen LogP contribution in [-0.2, 0) is 0 Å². The number of rotatable bonds is 5. The summed E-state index contributed by atoms with van der Waals surface area (Å²) in [5.41, 5.74) is 1.57. The van der Waals surface area contributed by atoms with Crippen molar-refractivity contribution in [3.05, 3.63) is 71.7 Å². The normalized spacial score (nSPS) is 12.1. The van der Waals surface area contributed by atoms with Gasteiger partial charge < -0.3 is 5.11 Å². The van der Waals surface area contributed by atoms with Crippen molar-refractivity contribution in [1.29, 1.82) is 0 Å². The molecule has 4 aromatic rings. The van der Waals surface area contributed by atoms with Crippen molar-refractivity contribution in [2.24, 2.45) is 0 Å². The number of carbonyl (C=O) groups is 1. The van der Waals surface area contributed by atoms with E-state index in [1.807, 2.05) is 0 Å². The maximum Gasteiger partial charge on any atom is 0.276 e. The van der Waals surface area contributed by atoms with Gasteiger partial charge in [-0.3, -0.25) is 20.1 Å². The van der Waals surface area contributed by atoms with Crippen LogP contribution in [0.5, 0.6) is 0 Å². The van der Waals surface area contributed by atoms with Crippen LogP contribution in [0, 0.1) is 11.6 Å². The maximum absolute atomic E-state index is 14.4. The molecule has 0 radical (unpaired) electrons. The Hall–Kier alpha value is -3.30. The van der Waals surface area contributed by atoms with E-state index >= 15 is 0 Å². The van der Waals surface area contributed by atoms with Crippen LogP contribution in [-0.4, -0.2) is 26.0 Å². The van der Waals surface area contributed by atoms with Gasteiger partial charge in [-0.15, -0.1) is 0 Å². The van der Waals surface area contributed by atoms with Crippen molar-refractivity contribution >= 4 is 32.6 Å². The van der Waals surface area contributed by atoms with E-state index in [0.717, 1.165) is 11.3 Å². The van der Waals surface area contributed by atoms with E-state index < -0.39 is 17.8 Å². The summed E-state index contributed by atoms with van der Waals surface area (Å²) in [4.78, 5) is 24.8. The third-order valence-corrected chi connectivity index (χ3v) is 5.41. The number of hydrogen-bond acceptors (Lipinski definition) is 6. The number of nitrogens with one attached hydrogen (secondary N) is 1. The highest BCUT2D eigenvalue weighted by Gasteiger charge is 2.15. The Bertz CT molecular complexity index is 1230. The highest BCUT2D eigenvalue weighted by atomic mass is 32.1. The molecule has 9 heteroatoms. The molecule has 0 saturated heterocycles. The molecule has 152 valence electrons. The molecular formula is C21H16F2N4O2S. The molecule has 3 aromatic heterocycles. The Morgan fingerprint density at radius 2 is 2.00 bits per heavy atom. The van der Waals surface area contributed by atoms with E-state index in [0.29, 0.717) is 32.9 Å². The van der Waals surface area contributed by atoms with Crippen molar-refractivity contribution in [3.8, 4) is 11.3 Å². The summed E-state index contributed by atoms with van der Waals surface area (Å²) < 4.78 is 28.3. The number of nitrogens with zero attached hydrogens (tertiary/aromatic N) is 3. The van der Waals surface area contributed by atoms with Crippen LogP contribution in [0.15, 0.2) is 48.8 Å².